The predicted molar refractivity (Wildman–Crippen MR) is 73.0 cm³/mol. The Labute approximate surface area is 123 Å². The summed E-state index contributed by atoms with van der Waals surface area (Å²) >= 11 is 0. The SMILES string of the molecule is CC(=O)N(Cc1noc(C2CC2)n1)[C@H]1CCN(CC#N)C1. The largest absolute Gasteiger partial charge is 0.339 e. The van der Waals surface area contributed by atoms with Crippen LogP contribution in [0.1, 0.15) is 43.8 Å². The second-order valence-corrected chi connectivity index (χ2v) is 5.81. The molecule has 21 heavy (non-hydrogen) atoms. The van der Waals surface area contributed by atoms with Crippen LogP contribution in [0.15, 0.2) is 4.52 Å². The molecule has 2 aliphatic rings. The van der Waals surface area contributed by atoms with Crippen LogP contribution in [0, 0.1) is 11.3 Å². The van der Waals surface area contributed by atoms with Crippen molar-refractivity contribution in [2.75, 3.05) is 19.6 Å². The zero-order valence-corrected chi connectivity index (χ0v) is 12.2. The topological polar surface area (TPSA) is 86.3 Å². The molecule has 0 spiro atoms. The highest BCUT2D eigenvalue weighted by Gasteiger charge is 2.32. The van der Waals surface area contributed by atoms with Crippen LogP contribution in [0.3, 0.4) is 0 Å². The molecule has 3 rings (SSSR count). The summed E-state index contributed by atoms with van der Waals surface area (Å²) in [5.41, 5.74) is 0. The van der Waals surface area contributed by atoms with E-state index in [9.17, 15) is 4.79 Å². The molecule has 1 amide bonds. The number of amides is 1. The highest BCUT2D eigenvalue weighted by atomic mass is 16.5. The number of aromatic nitrogens is 2. The first-order valence-corrected chi connectivity index (χ1v) is 7.36. The van der Waals surface area contributed by atoms with Crippen LogP contribution in [0.2, 0.25) is 0 Å². The molecule has 1 aliphatic carbocycles. The zero-order valence-electron chi connectivity index (χ0n) is 12.2. The minimum Gasteiger partial charge on any atom is -0.339 e. The summed E-state index contributed by atoms with van der Waals surface area (Å²) in [6, 6.07) is 2.28. The van der Waals surface area contributed by atoms with Gasteiger partial charge in [0.05, 0.1) is 19.2 Å². The lowest BCUT2D eigenvalue weighted by molar-refractivity contribution is -0.131. The average molecular weight is 289 g/mol. The summed E-state index contributed by atoms with van der Waals surface area (Å²) in [6.45, 7) is 3.95. The highest BCUT2D eigenvalue weighted by molar-refractivity contribution is 5.73. The van der Waals surface area contributed by atoms with Gasteiger partial charge in [-0.3, -0.25) is 9.69 Å². The van der Waals surface area contributed by atoms with Crippen molar-refractivity contribution < 1.29 is 9.32 Å². The molecule has 1 aromatic heterocycles. The first-order chi connectivity index (χ1) is 10.2. The number of likely N-dealkylation sites (tertiary alicyclic amines) is 1. The number of hydrogen-bond donors (Lipinski definition) is 0. The molecule has 1 saturated heterocycles. The van der Waals surface area contributed by atoms with Crippen molar-refractivity contribution in [3.8, 4) is 6.07 Å². The lowest BCUT2D eigenvalue weighted by Gasteiger charge is -2.26. The van der Waals surface area contributed by atoms with Gasteiger partial charge in [0, 0.05) is 32.0 Å². The van der Waals surface area contributed by atoms with Gasteiger partial charge in [-0.15, -0.1) is 0 Å². The summed E-state index contributed by atoms with van der Waals surface area (Å²) in [5, 5.41) is 12.7. The highest BCUT2D eigenvalue weighted by Crippen LogP contribution is 2.38. The maximum Gasteiger partial charge on any atom is 0.229 e. The summed E-state index contributed by atoms with van der Waals surface area (Å²) < 4.78 is 5.24. The molecule has 0 aromatic carbocycles. The molecule has 1 aliphatic heterocycles. The summed E-state index contributed by atoms with van der Waals surface area (Å²) in [5.74, 6) is 1.71. The average Bonchev–Trinajstić information content (AvgIpc) is 3.02. The van der Waals surface area contributed by atoms with Crippen LogP contribution in [-0.2, 0) is 11.3 Å². The van der Waals surface area contributed by atoms with Gasteiger partial charge in [0.1, 0.15) is 0 Å². The van der Waals surface area contributed by atoms with Gasteiger partial charge in [-0.1, -0.05) is 5.16 Å². The van der Waals surface area contributed by atoms with Gasteiger partial charge < -0.3 is 9.42 Å². The van der Waals surface area contributed by atoms with Crippen LogP contribution in [0.25, 0.3) is 0 Å². The summed E-state index contributed by atoms with van der Waals surface area (Å²) in [4.78, 5) is 20.1. The molecule has 0 unspecified atom stereocenters. The third kappa shape index (κ3) is 3.22. The van der Waals surface area contributed by atoms with Gasteiger partial charge in [0.2, 0.25) is 11.8 Å². The van der Waals surface area contributed by atoms with Gasteiger partial charge in [-0.2, -0.15) is 10.2 Å². The molecular formula is C14H19N5O2. The fourth-order valence-electron chi connectivity index (χ4n) is 2.79. The fourth-order valence-corrected chi connectivity index (χ4v) is 2.79. The van der Waals surface area contributed by atoms with Crippen LogP contribution in [0.4, 0.5) is 0 Å². The van der Waals surface area contributed by atoms with E-state index in [1.165, 1.54) is 0 Å². The molecule has 0 N–H and O–H groups in total. The van der Waals surface area contributed by atoms with E-state index in [-0.39, 0.29) is 11.9 Å². The van der Waals surface area contributed by atoms with Gasteiger partial charge >= 0.3 is 0 Å². The quantitative estimate of drug-likeness (QED) is 0.748. The molecule has 1 atom stereocenters. The van der Waals surface area contributed by atoms with E-state index < -0.39 is 0 Å². The van der Waals surface area contributed by atoms with Gasteiger partial charge in [0.15, 0.2) is 5.82 Å². The second-order valence-electron chi connectivity index (χ2n) is 5.81. The van der Waals surface area contributed by atoms with E-state index in [2.05, 4.69) is 21.1 Å². The number of nitrogens with zero attached hydrogens (tertiary/aromatic N) is 5. The number of carbonyl (C=O) groups is 1. The van der Waals surface area contributed by atoms with Crippen LogP contribution in [0.5, 0.6) is 0 Å². The third-order valence-electron chi connectivity index (χ3n) is 4.11. The molecular weight excluding hydrogens is 270 g/mol. The fraction of sp³-hybridized carbons (Fsp3) is 0.714. The van der Waals surface area contributed by atoms with Crippen molar-refractivity contribution in [2.45, 2.75) is 44.7 Å². The Morgan fingerprint density at radius 1 is 1.52 bits per heavy atom. The van der Waals surface area contributed by atoms with Crippen molar-refractivity contribution in [3.63, 3.8) is 0 Å². The van der Waals surface area contributed by atoms with Crippen LogP contribution >= 0.6 is 0 Å². The molecule has 1 saturated carbocycles. The van der Waals surface area contributed by atoms with E-state index in [1.54, 1.807) is 11.8 Å². The van der Waals surface area contributed by atoms with Crippen molar-refractivity contribution >= 4 is 5.91 Å². The van der Waals surface area contributed by atoms with Gasteiger partial charge in [0.25, 0.3) is 0 Å². The summed E-state index contributed by atoms with van der Waals surface area (Å²) in [7, 11) is 0. The van der Waals surface area contributed by atoms with Gasteiger partial charge in [-0.25, -0.2) is 0 Å². The van der Waals surface area contributed by atoms with E-state index in [4.69, 9.17) is 9.78 Å². The smallest absolute Gasteiger partial charge is 0.229 e. The molecule has 0 bridgehead atoms. The third-order valence-corrected chi connectivity index (χ3v) is 4.11. The minimum atomic E-state index is 0.0107. The van der Waals surface area contributed by atoms with E-state index in [0.29, 0.717) is 30.7 Å². The monoisotopic (exact) mass is 289 g/mol. The minimum absolute atomic E-state index is 0.0107. The molecule has 1 aromatic rings. The molecule has 2 fully saturated rings. The standard InChI is InChI=1S/C14H19N5O2/c1-10(20)19(12-4-6-18(8-12)7-5-15)9-13-16-14(21-17-13)11-2-3-11/h11-12H,2-4,6-9H2,1H3/t12-/m0/s1. The Morgan fingerprint density at radius 3 is 3.00 bits per heavy atom. The van der Waals surface area contributed by atoms with Crippen LogP contribution < -0.4 is 0 Å². The maximum absolute atomic E-state index is 11.9. The Hall–Kier alpha value is -1.94. The van der Waals surface area contributed by atoms with E-state index in [0.717, 1.165) is 32.4 Å². The van der Waals surface area contributed by atoms with E-state index >= 15 is 0 Å². The van der Waals surface area contributed by atoms with Crippen LogP contribution in [-0.4, -0.2) is 51.5 Å². The lowest BCUT2D eigenvalue weighted by Crippen LogP contribution is -2.40. The van der Waals surface area contributed by atoms with Crippen molar-refractivity contribution in [3.05, 3.63) is 11.7 Å². The van der Waals surface area contributed by atoms with E-state index in [1.807, 2.05) is 0 Å². The lowest BCUT2D eigenvalue weighted by atomic mass is 10.2. The molecule has 7 nitrogen and oxygen atoms in total. The van der Waals surface area contributed by atoms with Crippen molar-refractivity contribution in [2.24, 2.45) is 0 Å². The zero-order chi connectivity index (χ0) is 14.8. The molecule has 2 heterocycles. The number of nitriles is 1. The number of rotatable bonds is 5. The second kappa shape index (κ2) is 5.82. The van der Waals surface area contributed by atoms with Crippen molar-refractivity contribution in [1.82, 2.24) is 19.9 Å². The Kier molecular flexibility index (Phi) is 3.88. The van der Waals surface area contributed by atoms with Crippen molar-refractivity contribution in [1.29, 1.82) is 5.26 Å². The number of carbonyl (C=O) groups excluding carboxylic acids is 1. The Bertz CT molecular complexity index is 560. The number of hydrogen-bond acceptors (Lipinski definition) is 6. The van der Waals surface area contributed by atoms with Gasteiger partial charge in [-0.05, 0) is 19.3 Å². The predicted octanol–water partition coefficient (Wildman–Crippen LogP) is 0.893. The first kappa shape index (κ1) is 14.0. The maximum atomic E-state index is 11.9. The molecule has 112 valence electrons. The summed E-state index contributed by atoms with van der Waals surface area (Å²) in [6.07, 6.45) is 3.11. The normalized spacial score (nSPS) is 22.2. The first-order valence-electron chi connectivity index (χ1n) is 7.36. The molecule has 0 radical (unpaired) electrons. The Balaban J connectivity index is 1.64. The Morgan fingerprint density at radius 2 is 2.33 bits per heavy atom. The molecule has 7 heteroatoms.